The third kappa shape index (κ3) is 5.61. The number of carboxylic acid groups (broad SMARTS) is 1. The molecule has 0 saturated heterocycles. The van der Waals surface area contributed by atoms with E-state index in [4.69, 9.17) is 9.84 Å². The molecule has 2 amide bonds. The molecule has 1 rings (SSSR count). The highest BCUT2D eigenvalue weighted by molar-refractivity contribution is 5.98. The molecular weight excluding hydrogens is 300 g/mol. The standard InChI is InChI=1S/C16H22N2O5/c1-4-23-13-8-6-5-7-12(13)15(20)17-9-14(19)18(3)10-11(2)16(21)22/h5-8,11H,4,9-10H2,1-3H3,(H,17,20)(H,21,22). The second-order valence-corrected chi connectivity index (χ2v) is 5.13. The first-order chi connectivity index (χ1) is 10.9. The molecule has 0 heterocycles. The van der Waals surface area contributed by atoms with Crippen LogP contribution >= 0.6 is 0 Å². The number of nitrogens with one attached hydrogen (secondary N) is 1. The number of rotatable bonds is 8. The average molecular weight is 322 g/mol. The van der Waals surface area contributed by atoms with E-state index in [-0.39, 0.29) is 19.0 Å². The minimum atomic E-state index is -0.973. The summed E-state index contributed by atoms with van der Waals surface area (Å²) < 4.78 is 5.37. The van der Waals surface area contributed by atoms with Gasteiger partial charge in [-0.25, -0.2) is 0 Å². The van der Waals surface area contributed by atoms with Crippen LogP contribution in [0.3, 0.4) is 0 Å². The van der Waals surface area contributed by atoms with Gasteiger partial charge in [-0.05, 0) is 19.1 Å². The van der Waals surface area contributed by atoms with Crippen LogP contribution in [0.4, 0.5) is 0 Å². The molecule has 1 atom stereocenters. The van der Waals surface area contributed by atoms with E-state index >= 15 is 0 Å². The number of carboxylic acids is 1. The van der Waals surface area contributed by atoms with Gasteiger partial charge < -0.3 is 20.1 Å². The number of hydrogen-bond acceptors (Lipinski definition) is 4. The second-order valence-electron chi connectivity index (χ2n) is 5.13. The van der Waals surface area contributed by atoms with E-state index in [1.165, 1.54) is 18.9 Å². The van der Waals surface area contributed by atoms with Crippen LogP contribution < -0.4 is 10.1 Å². The zero-order chi connectivity index (χ0) is 17.4. The van der Waals surface area contributed by atoms with E-state index in [0.29, 0.717) is 17.9 Å². The first-order valence-electron chi connectivity index (χ1n) is 7.33. The van der Waals surface area contributed by atoms with Crippen molar-refractivity contribution in [2.75, 3.05) is 26.7 Å². The molecule has 0 spiro atoms. The van der Waals surface area contributed by atoms with Gasteiger partial charge in [-0.1, -0.05) is 19.1 Å². The van der Waals surface area contributed by atoms with Gasteiger partial charge in [-0.15, -0.1) is 0 Å². The minimum Gasteiger partial charge on any atom is -0.493 e. The van der Waals surface area contributed by atoms with E-state index in [0.717, 1.165) is 0 Å². The number of likely N-dealkylation sites (N-methyl/N-ethyl adjacent to an activating group) is 1. The third-order valence-corrected chi connectivity index (χ3v) is 3.23. The fourth-order valence-corrected chi connectivity index (χ4v) is 1.91. The van der Waals surface area contributed by atoms with E-state index in [1.807, 2.05) is 6.92 Å². The van der Waals surface area contributed by atoms with Gasteiger partial charge in [0.15, 0.2) is 0 Å². The Balaban J connectivity index is 2.59. The van der Waals surface area contributed by atoms with Crippen LogP contribution in [0.1, 0.15) is 24.2 Å². The fraction of sp³-hybridized carbons (Fsp3) is 0.438. The SMILES string of the molecule is CCOc1ccccc1C(=O)NCC(=O)N(C)CC(C)C(=O)O. The summed E-state index contributed by atoms with van der Waals surface area (Å²) in [6.45, 7) is 3.64. The summed E-state index contributed by atoms with van der Waals surface area (Å²) >= 11 is 0. The van der Waals surface area contributed by atoms with Gasteiger partial charge >= 0.3 is 5.97 Å². The molecule has 1 aromatic rings. The molecule has 0 aliphatic heterocycles. The first-order valence-corrected chi connectivity index (χ1v) is 7.33. The molecule has 2 N–H and O–H groups in total. The molecule has 1 aromatic carbocycles. The Morgan fingerprint density at radius 3 is 2.57 bits per heavy atom. The highest BCUT2D eigenvalue weighted by Crippen LogP contribution is 2.17. The summed E-state index contributed by atoms with van der Waals surface area (Å²) in [5, 5.41) is 11.4. The second kappa shape index (κ2) is 8.77. The van der Waals surface area contributed by atoms with Gasteiger partial charge in [-0.3, -0.25) is 14.4 Å². The maximum Gasteiger partial charge on any atom is 0.308 e. The molecule has 1 unspecified atom stereocenters. The molecule has 0 fully saturated rings. The summed E-state index contributed by atoms with van der Waals surface area (Å²) in [6, 6.07) is 6.76. The van der Waals surface area contributed by atoms with Gasteiger partial charge in [0, 0.05) is 13.6 Å². The monoisotopic (exact) mass is 322 g/mol. The van der Waals surface area contributed by atoms with Crippen molar-refractivity contribution in [3.63, 3.8) is 0 Å². The summed E-state index contributed by atoms with van der Waals surface area (Å²) in [7, 11) is 1.50. The van der Waals surface area contributed by atoms with E-state index in [2.05, 4.69) is 5.32 Å². The number of nitrogens with zero attached hydrogens (tertiary/aromatic N) is 1. The molecule has 7 heteroatoms. The van der Waals surface area contributed by atoms with E-state index < -0.39 is 17.8 Å². The number of ether oxygens (including phenoxy) is 1. The Kier molecular flexibility index (Phi) is 7.05. The van der Waals surface area contributed by atoms with Crippen molar-refractivity contribution in [1.29, 1.82) is 0 Å². The van der Waals surface area contributed by atoms with Crippen LogP contribution in [0.5, 0.6) is 5.75 Å². The Hall–Kier alpha value is -2.57. The van der Waals surface area contributed by atoms with E-state index in [9.17, 15) is 14.4 Å². The number of carbonyl (C=O) groups excluding carboxylic acids is 2. The van der Waals surface area contributed by atoms with Gasteiger partial charge in [0.25, 0.3) is 5.91 Å². The Morgan fingerprint density at radius 1 is 1.30 bits per heavy atom. The highest BCUT2D eigenvalue weighted by Gasteiger charge is 2.18. The molecular formula is C16H22N2O5. The van der Waals surface area contributed by atoms with Gasteiger partial charge in [0.1, 0.15) is 5.75 Å². The lowest BCUT2D eigenvalue weighted by Gasteiger charge is -2.19. The van der Waals surface area contributed by atoms with Crippen LogP contribution in [0.15, 0.2) is 24.3 Å². The maximum atomic E-state index is 12.1. The number of amides is 2. The lowest BCUT2D eigenvalue weighted by Crippen LogP contribution is -2.41. The smallest absolute Gasteiger partial charge is 0.308 e. The number of benzene rings is 1. The highest BCUT2D eigenvalue weighted by atomic mass is 16.5. The van der Waals surface area contributed by atoms with Crippen LogP contribution in [0, 0.1) is 5.92 Å². The van der Waals surface area contributed by atoms with Crippen LogP contribution in [-0.2, 0) is 9.59 Å². The van der Waals surface area contributed by atoms with Crippen molar-refractivity contribution in [1.82, 2.24) is 10.2 Å². The van der Waals surface area contributed by atoms with Crippen LogP contribution in [0.2, 0.25) is 0 Å². The third-order valence-electron chi connectivity index (χ3n) is 3.23. The number of carbonyl (C=O) groups is 3. The number of aliphatic carboxylic acids is 1. The molecule has 7 nitrogen and oxygen atoms in total. The van der Waals surface area contributed by atoms with Crippen molar-refractivity contribution in [2.45, 2.75) is 13.8 Å². The first kappa shape index (κ1) is 18.5. The number of para-hydroxylation sites is 1. The molecule has 0 aromatic heterocycles. The lowest BCUT2D eigenvalue weighted by atomic mass is 10.1. The zero-order valence-electron chi connectivity index (χ0n) is 13.5. The summed E-state index contributed by atoms with van der Waals surface area (Å²) in [5.74, 6) is -1.96. The Labute approximate surface area is 135 Å². The predicted octanol–water partition coefficient (Wildman–Crippen LogP) is 0.994. The summed E-state index contributed by atoms with van der Waals surface area (Å²) in [6.07, 6.45) is 0. The maximum absolute atomic E-state index is 12.1. The van der Waals surface area contributed by atoms with Gasteiger partial charge in [0.05, 0.1) is 24.6 Å². The van der Waals surface area contributed by atoms with Gasteiger partial charge in [-0.2, -0.15) is 0 Å². The minimum absolute atomic E-state index is 0.0829. The molecule has 0 aliphatic rings. The van der Waals surface area contributed by atoms with Crippen molar-refractivity contribution in [2.24, 2.45) is 5.92 Å². The Bertz CT molecular complexity index is 573. The Morgan fingerprint density at radius 2 is 1.96 bits per heavy atom. The van der Waals surface area contributed by atoms with E-state index in [1.54, 1.807) is 24.3 Å². The topological polar surface area (TPSA) is 95.9 Å². The normalized spacial score (nSPS) is 11.4. The van der Waals surface area contributed by atoms with Crippen LogP contribution in [0.25, 0.3) is 0 Å². The molecule has 126 valence electrons. The van der Waals surface area contributed by atoms with Crippen LogP contribution in [-0.4, -0.2) is 54.5 Å². The van der Waals surface area contributed by atoms with Crippen molar-refractivity contribution < 1.29 is 24.2 Å². The van der Waals surface area contributed by atoms with Crippen molar-refractivity contribution in [3.8, 4) is 5.75 Å². The molecule has 23 heavy (non-hydrogen) atoms. The molecule has 0 radical (unpaired) electrons. The molecule has 0 aliphatic carbocycles. The average Bonchev–Trinajstić information content (AvgIpc) is 2.52. The van der Waals surface area contributed by atoms with Crippen molar-refractivity contribution in [3.05, 3.63) is 29.8 Å². The molecule has 0 saturated carbocycles. The largest absolute Gasteiger partial charge is 0.493 e. The summed E-state index contributed by atoms with van der Waals surface area (Å²) in [4.78, 5) is 36.1. The van der Waals surface area contributed by atoms with Gasteiger partial charge in [0.2, 0.25) is 5.91 Å². The quantitative estimate of drug-likeness (QED) is 0.744. The fourth-order valence-electron chi connectivity index (χ4n) is 1.91. The number of hydrogen-bond donors (Lipinski definition) is 2. The predicted molar refractivity (Wildman–Crippen MR) is 84.4 cm³/mol. The zero-order valence-corrected chi connectivity index (χ0v) is 13.5. The lowest BCUT2D eigenvalue weighted by molar-refractivity contribution is -0.142. The van der Waals surface area contributed by atoms with Crippen molar-refractivity contribution >= 4 is 17.8 Å². The summed E-state index contributed by atoms with van der Waals surface area (Å²) in [5.41, 5.74) is 0.351. The molecule has 0 bridgehead atoms.